The number of halogens is 1. The predicted octanol–water partition coefficient (Wildman–Crippen LogP) is 2.67. The SMILES string of the molecule is O=C(CNCc1cccc(CO)c1)Nc1ccc(Br)cc1. The first-order chi connectivity index (χ1) is 10.2. The van der Waals surface area contributed by atoms with E-state index in [0.717, 1.165) is 21.3 Å². The molecule has 3 N–H and O–H groups in total. The zero-order valence-corrected chi connectivity index (χ0v) is 13.1. The van der Waals surface area contributed by atoms with Crippen LogP contribution in [-0.2, 0) is 17.9 Å². The van der Waals surface area contributed by atoms with Crippen LogP contribution in [0.15, 0.2) is 53.0 Å². The lowest BCUT2D eigenvalue weighted by atomic mass is 10.1. The van der Waals surface area contributed by atoms with Gasteiger partial charge in [-0.15, -0.1) is 0 Å². The van der Waals surface area contributed by atoms with Crippen LogP contribution in [0.1, 0.15) is 11.1 Å². The van der Waals surface area contributed by atoms with E-state index >= 15 is 0 Å². The van der Waals surface area contributed by atoms with Crippen LogP contribution in [0.5, 0.6) is 0 Å². The molecule has 0 atom stereocenters. The fourth-order valence-electron chi connectivity index (χ4n) is 1.90. The van der Waals surface area contributed by atoms with Gasteiger partial charge in [-0.25, -0.2) is 0 Å². The molecular formula is C16H17BrN2O2. The molecule has 4 nitrogen and oxygen atoms in total. The maximum absolute atomic E-state index is 11.8. The van der Waals surface area contributed by atoms with E-state index < -0.39 is 0 Å². The van der Waals surface area contributed by atoms with E-state index in [-0.39, 0.29) is 19.1 Å². The van der Waals surface area contributed by atoms with E-state index in [2.05, 4.69) is 26.6 Å². The van der Waals surface area contributed by atoms with Crippen molar-refractivity contribution < 1.29 is 9.90 Å². The van der Waals surface area contributed by atoms with Crippen molar-refractivity contribution in [2.75, 3.05) is 11.9 Å². The first kappa shape index (κ1) is 15.7. The molecule has 5 heteroatoms. The fraction of sp³-hybridized carbons (Fsp3) is 0.188. The summed E-state index contributed by atoms with van der Waals surface area (Å²) < 4.78 is 0.974. The molecule has 0 aliphatic carbocycles. The summed E-state index contributed by atoms with van der Waals surface area (Å²) in [5.41, 5.74) is 2.68. The average Bonchev–Trinajstić information content (AvgIpc) is 2.50. The zero-order valence-electron chi connectivity index (χ0n) is 11.5. The monoisotopic (exact) mass is 348 g/mol. The highest BCUT2D eigenvalue weighted by atomic mass is 79.9. The van der Waals surface area contributed by atoms with Crippen LogP contribution in [0.25, 0.3) is 0 Å². The van der Waals surface area contributed by atoms with Gasteiger partial charge in [0, 0.05) is 16.7 Å². The summed E-state index contributed by atoms with van der Waals surface area (Å²) in [6, 6.07) is 15.1. The Morgan fingerprint density at radius 1 is 1.10 bits per heavy atom. The van der Waals surface area contributed by atoms with Gasteiger partial charge in [-0.1, -0.05) is 40.2 Å². The second-order valence-electron chi connectivity index (χ2n) is 4.64. The molecule has 0 spiro atoms. The van der Waals surface area contributed by atoms with Crippen molar-refractivity contribution in [3.8, 4) is 0 Å². The number of aliphatic hydroxyl groups is 1. The van der Waals surface area contributed by atoms with Gasteiger partial charge in [0.1, 0.15) is 0 Å². The van der Waals surface area contributed by atoms with Crippen molar-refractivity contribution in [1.29, 1.82) is 0 Å². The van der Waals surface area contributed by atoms with Gasteiger partial charge >= 0.3 is 0 Å². The number of anilines is 1. The molecule has 2 aromatic carbocycles. The number of carbonyl (C=O) groups is 1. The molecule has 2 aromatic rings. The number of aliphatic hydroxyl groups excluding tert-OH is 1. The van der Waals surface area contributed by atoms with Crippen molar-refractivity contribution in [1.82, 2.24) is 5.32 Å². The first-order valence-corrected chi connectivity index (χ1v) is 7.41. The third-order valence-electron chi connectivity index (χ3n) is 2.92. The van der Waals surface area contributed by atoms with Crippen molar-refractivity contribution in [2.45, 2.75) is 13.2 Å². The van der Waals surface area contributed by atoms with Crippen LogP contribution >= 0.6 is 15.9 Å². The van der Waals surface area contributed by atoms with Crippen LogP contribution in [-0.4, -0.2) is 17.6 Å². The number of hydrogen-bond donors (Lipinski definition) is 3. The molecular weight excluding hydrogens is 332 g/mol. The number of benzene rings is 2. The molecule has 2 rings (SSSR count). The summed E-state index contributed by atoms with van der Waals surface area (Å²) in [6.45, 7) is 0.846. The number of carbonyl (C=O) groups excluding carboxylic acids is 1. The summed E-state index contributed by atoms with van der Waals surface area (Å²) in [6.07, 6.45) is 0. The van der Waals surface area contributed by atoms with Gasteiger partial charge in [-0.05, 0) is 35.4 Å². The molecule has 110 valence electrons. The number of amides is 1. The molecule has 0 fully saturated rings. The van der Waals surface area contributed by atoms with Gasteiger partial charge in [0.15, 0.2) is 0 Å². The van der Waals surface area contributed by atoms with Gasteiger partial charge in [-0.2, -0.15) is 0 Å². The lowest BCUT2D eigenvalue weighted by Crippen LogP contribution is -2.27. The highest BCUT2D eigenvalue weighted by Gasteiger charge is 2.02. The van der Waals surface area contributed by atoms with E-state index in [0.29, 0.717) is 6.54 Å². The molecule has 0 unspecified atom stereocenters. The molecule has 0 bridgehead atoms. The summed E-state index contributed by atoms with van der Waals surface area (Å²) in [5, 5.41) is 15.0. The Kier molecular flexibility index (Phi) is 5.92. The Labute approximate surface area is 132 Å². The van der Waals surface area contributed by atoms with E-state index in [4.69, 9.17) is 5.11 Å². The highest BCUT2D eigenvalue weighted by Crippen LogP contribution is 2.13. The molecule has 0 radical (unpaired) electrons. The van der Waals surface area contributed by atoms with Gasteiger partial charge in [0.2, 0.25) is 5.91 Å². The van der Waals surface area contributed by atoms with E-state index in [1.54, 1.807) is 0 Å². The molecule has 0 aliphatic rings. The van der Waals surface area contributed by atoms with Crippen molar-refractivity contribution in [3.05, 3.63) is 64.1 Å². The van der Waals surface area contributed by atoms with Crippen LogP contribution in [0.2, 0.25) is 0 Å². The van der Waals surface area contributed by atoms with Gasteiger partial charge < -0.3 is 15.7 Å². The van der Waals surface area contributed by atoms with Crippen LogP contribution in [0, 0.1) is 0 Å². The third-order valence-corrected chi connectivity index (χ3v) is 3.45. The second kappa shape index (κ2) is 7.93. The van der Waals surface area contributed by atoms with E-state index in [9.17, 15) is 4.79 Å². The van der Waals surface area contributed by atoms with Gasteiger partial charge in [-0.3, -0.25) is 4.79 Å². The second-order valence-corrected chi connectivity index (χ2v) is 5.55. The summed E-state index contributed by atoms with van der Waals surface area (Å²) >= 11 is 3.35. The minimum absolute atomic E-state index is 0.0257. The Hall–Kier alpha value is -1.69. The normalized spacial score (nSPS) is 10.4. The Morgan fingerprint density at radius 3 is 2.52 bits per heavy atom. The lowest BCUT2D eigenvalue weighted by Gasteiger charge is -2.08. The van der Waals surface area contributed by atoms with Crippen LogP contribution < -0.4 is 10.6 Å². The van der Waals surface area contributed by atoms with Crippen LogP contribution in [0.3, 0.4) is 0 Å². The standard InChI is InChI=1S/C16H17BrN2O2/c17-14-4-6-15(7-5-14)19-16(21)10-18-9-12-2-1-3-13(8-12)11-20/h1-8,18,20H,9-11H2,(H,19,21). The Balaban J connectivity index is 1.77. The smallest absolute Gasteiger partial charge is 0.238 e. The van der Waals surface area contributed by atoms with E-state index in [1.165, 1.54) is 0 Å². The minimum Gasteiger partial charge on any atom is -0.392 e. The highest BCUT2D eigenvalue weighted by molar-refractivity contribution is 9.10. The largest absolute Gasteiger partial charge is 0.392 e. The molecule has 21 heavy (non-hydrogen) atoms. The summed E-state index contributed by atoms with van der Waals surface area (Å²) in [4.78, 5) is 11.8. The molecule has 0 saturated heterocycles. The van der Waals surface area contributed by atoms with Crippen LogP contribution in [0.4, 0.5) is 5.69 Å². The molecule has 0 aromatic heterocycles. The summed E-state index contributed by atoms with van der Waals surface area (Å²) in [5.74, 6) is -0.0874. The average molecular weight is 349 g/mol. The number of rotatable bonds is 6. The van der Waals surface area contributed by atoms with Gasteiger partial charge in [0.25, 0.3) is 0 Å². The minimum atomic E-state index is -0.0874. The van der Waals surface area contributed by atoms with Crippen molar-refractivity contribution >= 4 is 27.5 Å². The predicted molar refractivity (Wildman–Crippen MR) is 86.8 cm³/mol. The Morgan fingerprint density at radius 2 is 1.81 bits per heavy atom. The quantitative estimate of drug-likeness (QED) is 0.752. The number of hydrogen-bond acceptors (Lipinski definition) is 3. The van der Waals surface area contributed by atoms with Gasteiger partial charge in [0.05, 0.1) is 13.2 Å². The topological polar surface area (TPSA) is 61.4 Å². The first-order valence-electron chi connectivity index (χ1n) is 6.62. The molecule has 1 amide bonds. The van der Waals surface area contributed by atoms with Crippen molar-refractivity contribution in [2.24, 2.45) is 0 Å². The zero-order chi connectivity index (χ0) is 15.1. The van der Waals surface area contributed by atoms with Crippen molar-refractivity contribution in [3.63, 3.8) is 0 Å². The molecule has 0 saturated carbocycles. The third kappa shape index (κ3) is 5.30. The summed E-state index contributed by atoms with van der Waals surface area (Å²) in [7, 11) is 0. The molecule has 0 aliphatic heterocycles. The Bertz CT molecular complexity index is 599. The molecule has 0 heterocycles. The maximum atomic E-state index is 11.8. The number of nitrogens with one attached hydrogen (secondary N) is 2. The fourth-order valence-corrected chi connectivity index (χ4v) is 2.16. The van der Waals surface area contributed by atoms with E-state index in [1.807, 2.05) is 48.5 Å². The lowest BCUT2D eigenvalue weighted by molar-refractivity contribution is -0.115. The maximum Gasteiger partial charge on any atom is 0.238 e.